The minimum atomic E-state index is 0.0691. The second-order valence-corrected chi connectivity index (χ2v) is 6.67. The number of benzene rings is 1. The summed E-state index contributed by atoms with van der Waals surface area (Å²) < 4.78 is 11.9. The van der Waals surface area contributed by atoms with Crippen LogP contribution in [0.15, 0.2) is 36.4 Å². The Balaban J connectivity index is 1.74. The van der Waals surface area contributed by atoms with Crippen molar-refractivity contribution >= 4 is 5.82 Å². The van der Waals surface area contributed by atoms with Gasteiger partial charge in [0.2, 0.25) is 0 Å². The van der Waals surface area contributed by atoms with Crippen molar-refractivity contribution in [3.8, 4) is 22.8 Å². The van der Waals surface area contributed by atoms with Gasteiger partial charge in [-0.3, -0.25) is 4.90 Å². The first kappa shape index (κ1) is 17.5. The van der Waals surface area contributed by atoms with Crippen LogP contribution in [-0.2, 0) is 0 Å². The van der Waals surface area contributed by atoms with Gasteiger partial charge in [0.15, 0.2) is 0 Å². The number of rotatable bonds is 7. The smallest absolute Gasteiger partial charge is 0.132 e. The first-order valence-corrected chi connectivity index (χ1v) is 9.00. The van der Waals surface area contributed by atoms with E-state index in [4.69, 9.17) is 15.2 Å². The van der Waals surface area contributed by atoms with E-state index in [0.717, 1.165) is 29.3 Å². The van der Waals surface area contributed by atoms with Gasteiger partial charge in [-0.1, -0.05) is 6.07 Å². The van der Waals surface area contributed by atoms with E-state index in [9.17, 15) is 0 Å². The lowest BCUT2D eigenvalue weighted by atomic mass is 10.1. The zero-order valence-corrected chi connectivity index (χ0v) is 15.1. The maximum absolute atomic E-state index is 5.99. The predicted molar refractivity (Wildman–Crippen MR) is 101 cm³/mol. The maximum atomic E-state index is 5.99. The number of nitrogens with zero attached hydrogens (tertiary/aromatic N) is 2. The molecule has 0 spiro atoms. The van der Waals surface area contributed by atoms with Gasteiger partial charge in [0.05, 0.1) is 11.8 Å². The van der Waals surface area contributed by atoms with Crippen LogP contribution in [0.25, 0.3) is 11.3 Å². The molecule has 5 nitrogen and oxygen atoms in total. The molecule has 0 amide bonds. The lowest BCUT2D eigenvalue weighted by Crippen LogP contribution is -2.25. The van der Waals surface area contributed by atoms with Crippen LogP contribution >= 0.6 is 0 Å². The van der Waals surface area contributed by atoms with Crippen molar-refractivity contribution in [2.45, 2.75) is 32.8 Å². The fourth-order valence-corrected chi connectivity index (χ4v) is 3.06. The summed E-state index contributed by atoms with van der Waals surface area (Å²) in [6, 6.07) is 11.5. The zero-order chi connectivity index (χ0) is 17.6. The van der Waals surface area contributed by atoms with Gasteiger partial charge >= 0.3 is 0 Å². The van der Waals surface area contributed by atoms with E-state index in [1.54, 1.807) is 6.07 Å². The first-order chi connectivity index (χ1) is 12.1. The van der Waals surface area contributed by atoms with Crippen molar-refractivity contribution < 1.29 is 9.47 Å². The number of likely N-dealkylation sites (tertiary alicyclic amines) is 1. The molecule has 1 fully saturated rings. The third-order valence-electron chi connectivity index (χ3n) is 4.24. The third kappa shape index (κ3) is 4.86. The molecule has 1 aliphatic heterocycles. The molecule has 1 aromatic heterocycles. The summed E-state index contributed by atoms with van der Waals surface area (Å²) in [6.45, 7) is 8.06. The monoisotopic (exact) mass is 341 g/mol. The summed E-state index contributed by atoms with van der Waals surface area (Å²) in [7, 11) is 0. The molecule has 0 bridgehead atoms. The highest BCUT2D eigenvalue weighted by Gasteiger charge is 2.13. The summed E-state index contributed by atoms with van der Waals surface area (Å²) in [6.07, 6.45) is 2.67. The molecule has 2 aromatic rings. The summed E-state index contributed by atoms with van der Waals surface area (Å²) in [4.78, 5) is 6.85. The largest absolute Gasteiger partial charge is 0.492 e. The van der Waals surface area contributed by atoms with Crippen LogP contribution in [0.3, 0.4) is 0 Å². The highest BCUT2D eigenvalue weighted by molar-refractivity contribution is 5.69. The Morgan fingerprint density at radius 2 is 1.96 bits per heavy atom. The van der Waals surface area contributed by atoms with Gasteiger partial charge in [-0.15, -0.1) is 0 Å². The van der Waals surface area contributed by atoms with Crippen molar-refractivity contribution in [3.05, 3.63) is 36.4 Å². The molecule has 1 aromatic carbocycles. The Morgan fingerprint density at radius 3 is 2.68 bits per heavy atom. The van der Waals surface area contributed by atoms with E-state index in [-0.39, 0.29) is 6.10 Å². The average Bonchev–Trinajstić information content (AvgIpc) is 3.08. The molecule has 0 unspecified atom stereocenters. The summed E-state index contributed by atoms with van der Waals surface area (Å²) in [5, 5.41) is 0. The normalized spacial score (nSPS) is 14.8. The quantitative estimate of drug-likeness (QED) is 0.834. The Morgan fingerprint density at radius 1 is 1.16 bits per heavy atom. The Bertz CT molecular complexity index is 697. The molecular formula is C20H27N3O2. The van der Waals surface area contributed by atoms with Crippen LogP contribution in [0, 0.1) is 0 Å². The van der Waals surface area contributed by atoms with Gasteiger partial charge in [0.25, 0.3) is 0 Å². The van der Waals surface area contributed by atoms with Gasteiger partial charge < -0.3 is 15.2 Å². The molecule has 3 rings (SSSR count). The fraction of sp³-hybridized carbons (Fsp3) is 0.450. The van der Waals surface area contributed by atoms with E-state index in [0.29, 0.717) is 12.4 Å². The third-order valence-corrected chi connectivity index (χ3v) is 4.24. The van der Waals surface area contributed by atoms with Crippen molar-refractivity contribution in [1.29, 1.82) is 0 Å². The Hall–Kier alpha value is -2.27. The molecule has 2 N–H and O–H groups in total. The number of nitrogen functional groups attached to an aromatic ring is 1. The van der Waals surface area contributed by atoms with Crippen LogP contribution < -0.4 is 15.2 Å². The summed E-state index contributed by atoms with van der Waals surface area (Å²) >= 11 is 0. The molecule has 2 heterocycles. The molecule has 5 heteroatoms. The van der Waals surface area contributed by atoms with Crippen molar-refractivity contribution in [3.63, 3.8) is 0 Å². The van der Waals surface area contributed by atoms with E-state index in [2.05, 4.69) is 9.88 Å². The minimum Gasteiger partial charge on any atom is -0.492 e. The molecule has 0 saturated carbocycles. The number of aromatic nitrogens is 1. The molecule has 1 saturated heterocycles. The number of hydrogen-bond donors (Lipinski definition) is 1. The van der Waals surface area contributed by atoms with Gasteiger partial charge in [-0.2, -0.15) is 0 Å². The number of ether oxygens (including phenoxy) is 2. The number of pyridine rings is 1. The molecule has 1 aliphatic rings. The topological polar surface area (TPSA) is 60.6 Å². The first-order valence-electron chi connectivity index (χ1n) is 9.00. The van der Waals surface area contributed by atoms with Crippen LogP contribution in [0.4, 0.5) is 5.82 Å². The van der Waals surface area contributed by atoms with Crippen molar-refractivity contribution in [2.24, 2.45) is 0 Å². The van der Waals surface area contributed by atoms with Crippen molar-refractivity contribution in [2.75, 3.05) is 32.0 Å². The van der Waals surface area contributed by atoms with Crippen molar-refractivity contribution in [1.82, 2.24) is 9.88 Å². The van der Waals surface area contributed by atoms with Gasteiger partial charge in [0.1, 0.15) is 23.9 Å². The maximum Gasteiger partial charge on any atom is 0.132 e. The van der Waals surface area contributed by atoms with Gasteiger partial charge in [-0.05, 0) is 64.0 Å². The number of nitrogens with two attached hydrogens (primary N) is 1. The van der Waals surface area contributed by atoms with Crippen LogP contribution in [0.5, 0.6) is 11.5 Å². The molecule has 0 aliphatic carbocycles. The Kier molecular flexibility index (Phi) is 5.76. The molecule has 0 atom stereocenters. The molecule has 0 radical (unpaired) electrons. The second-order valence-electron chi connectivity index (χ2n) is 6.67. The highest BCUT2D eigenvalue weighted by atomic mass is 16.5. The van der Waals surface area contributed by atoms with Crippen LogP contribution in [0.1, 0.15) is 26.7 Å². The molecule has 134 valence electrons. The highest BCUT2D eigenvalue weighted by Crippen LogP contribution is 2.33. The zero-order valence-electron chi connectivity index (χ0n) is 15.1. The summed E-state index contributed by atoms with van der Waals surface area (Å²) in [5.74, 6) is 2.09. The summed E-state index contributed by atoms with van der Waals surface area (Å²) in [5.41, 5.74) is 7.55. The van der Waals surface area contributed by atoms with E-state index >= 15 is 0 Å². The predicted octanol–water partition coefficient (Wildman–Crippen LogP) is 3.59. The van der Waals surface area contributed by atoms with E-state index in [1.807, 2.05) is 44.2 Å². The van der Waals surface area contributed by atoms with Crippen LogP contribution in [0.2, 0.25) is 0 Å². The van der Waals surface area contributed by atoms with Gasteiger partial charge in [-0.25, -0.2) is 4.98 Å². The second kappa shape index (κ2) is 8.21. The number of hydrogen-bond acceptors (Lipinski definition) is 5. The lowest BCUT2D eigenvalue weighted by Gasteiger charge is -2.17. The molecular weight excluding hydrogens is 314 g/mol. The lowest BCUT2D eigenvalue weighted by molar-refractivity contribution is 0.230. The van der Waals surface area contributed by atoms with Gasteiger partial charge in [0, 0.05) is 18.2 Å². The number of anilines is 1. The van der Waals surface area contributed by atoms with E-state index < -0.39 is 0 Å². The SMILES string of the molecule is CC(C)Oc1cc(OCCN2CCCC2)ccc1-c1cccc(N)n1. The van der Waals surface area contributed by atoms with E-state index in [1.165, 1.54) is 25.9 Å². The average molecular weight is 341 g/mol. The standard InChI is InChI=1S/C20H27N3O2/c1-15(2)25-19-14-16(24-13-12-23-10-3-4-11-23)8-9-17(19)18-6-5-7-20(21)22-18/h5-9,14-15H,3-4,10-13H2,1-2H3,(H2,21,22). The Labute approximate surface area is 149 Å². The van der Waals surface area contributed by atoms with Crippen LogP contribution in [-0.4, -0.2) is 42.2 Å². The minimum absolute atomic E-state index is 0.0691. The fourth-order valence-electron chi connectivity index (χ4n) is 3.06. The molecule has 25 heavy (non-hydrogen) atoms.